The summed E-state index contributed by atoms with van der Waals surface area (Å²) in [7, 11) is 0. The number of hydrogen-bond acceptors (Lipinski definition) is 3. The second-order valence-electron chi connectivity index (χ2n) is 4.46. The number of anilines is 1. The fourth-order valence-electron chi connectivity index (χ4n) is 1.90. The smallest absolute Gasteiger partial charge is 0.140 e. The van der Waals surface area contributed by atoms with Crippen LogP contribution >= 0.6 is 15.9 Å². The fourth-order valence-corrected chi connectivity index (χ4v) is 2.50. The normalized spacial score (nSPS) is 12.5. The van der Waals surface area contributed by atoms with E-state index < -0.39 is 0 Å². The third-order valence-corrected chi connectivity index (χ3v) is 3.41. The zero-order chi connectivity index (χ0) is 12.7. The van der Waals surface area contributed by atoms with Crippen molar-refractivity contribution in [1.82, 2.24) is 4.98 Å². The molecule has 0 amide bonds. The van der Waals surface area contributed by atoms with Crippen LogP contribution in [0.3, 0.4) is 0 Å². The Hall–Kier alpha value is -0.610. The number of nitrogens with zero attached hydrogens (tertiary/aromatic N) is 1. The zero-order valence-corrected chi connectivity index (χ0v) is 12.3. The van der Waals surface area contributed by atoms with Gasteiger partial charge < -0.3 is 11.1 Å². The summed E-state index contributed by atoms with van der Waals surface area (Å²) in [6, 6.07) is 2.08. The van der Waals surface area contributed by atoms with Gasteiger partial charge in [0.15, 0.2) is 0 Å². The first-order valence-electron chi connectivity index (χ1n) is 6.23. The third-order valence-electron chi connectivity index (χ3n) is 2.81. The molecular weight excluding hydrogens is 278 g/mol. The molecular formula is C13H22BrN3. The molecule has 0 aliphatic carbocycles. The number of nitrogens with one attached hydrogen (secondary N) is 1. The maximum Gasteiger partial charge on any atom is 0.140 e. The van der Waals surface area contributed by atoms with Gasteiger partial charge in [0.2, 0.25) is 0 Å². The van der Waals surface area contributed by atoms with Crippen molar-refractivity contribution in [3.8, 4) is 0 Å². The highest BCUT2D eigenvalue weighted by molar-refractivity contribution is 9.10. The minimum Gasteiger partial charge on any atom is -0.369 e. The Morgan fingerprint density at radius 2 is 2.24 bits per heavy atom. The molecule has 1 heterocycles. The monoisotopic (exact) mass is 299 g/mol. The summed E-state index contributed by atoms with van der Waals surface area (Å²) in [4.78, 5) is 4.38. The molecule has 1 unspecified atom stereocenters. The van der Waals surface area contributed by atoms with Crippen LogP contribution < -0.4 is 11.1 Å². The highest BCUT2D eigenvalue weighted by atomic mass is 79.9. The van der Waals surface area contributed by atoms with Crippen LogP contribution in [-0.4, -0.2) is 18.1 Å². The van der Waals surface area contributed by atoms with Gasteiger partial charge >= 0.3 is 0 Å². The summed E-state index contributed by atoms with van der Waals surface area (Å²) < 4.78 is 1.03. The van der Waals surface area contributed by atoms with Gasteiger partial charge in [0.05, 0.1) is 4.47 Å². The lowest BCUT2D eigenvalue weighted by Gasteiger charge is -2.17. The fraction of sp³-hybridized carbons (Fsp3) is 0.615. The van der Waals surface area contributed by atoms with Crippen molar-refractivity contribution in [3.05, 3.63) is 22.3 Å². The topological polar surface area (TPSA) is 50.9 Å². The van der Waals surface area contributed by atoms with Crippen LogP contribution in [0.1, 0.15) is 31.7 Å². The molecule has 3 nitrogen and oxygen atoms in total. The number of aromatic nitrogens is 1. The van der Waals surface area contributed by atoms with Crippen LogP contribution in [0.5, 0.6) is 0 Å². The van der Waals surface area contributed by atoms with Gasteiger partial charge in [-0.25, -0.2) is 4.98 Å². The molecule has 1 atom stereocenters. The standard InChI is InChI=1S/C13H22BrN3/c1-3-4-11(5-6-15)9-17-13-12(14)7-10(2)8-16-13/h7-8,11H,3-6,9,15H2,1-2H3,(H,16,17). The Balaban J connectivity index is 2.52. The second kappa shape index (κ2) is 7.67. The molecule has 17 heavy (non-hydrogen) atoms. The highest BCUT2D eigenvalue weighted by Gasteiger charge is 2.08. The van der Waals surface area contributed by atoms with Crippen LogP contribution in [0.2, 0.25) is 0 Å². The van der Waals surface area contributed by atoms with Crippen LogP contribution in [0, 0.1) is 12.8 Å². The van der Waals surface area contributed by atoms with E-state index in [0.717, 1.165) is 35.4 Å². The van der Waals surface area contributed by atoms with Crippen molar-refractivity contribution < 1.29 is 0 Å². The van der Waals surface area contributed by atoms with E-state index in [4.69, 9.17) is 5.73 Å². The minimum absolute atomic E-state index is 0.639. The molecule has 0 saturated heterocycles. The highest BCUT2D eigenvalue weighted by Crippen LogP contribution is 2.21. The van der Waals surface area contributed by atoms with E-state index >= 15 is 0 Å². The Morgan fingerprint density at radius 3 is 2.82 bits per heavy atom. The van der Waals surface area contributed by atoms with Gasteiger partial charge in [-0.2, -0.15) is 0 Å². The minimum atomic E-state index is 0.639. The van der Waals surface area contributed by atoms with Gasteiger partial charge in [0.25, 0.3) is 0 Å². The molecule has 96 valence electrons. The van der Waals surface area contributed by atoms with E-state index in [0.29, 0.717) is 5.92 Å². The van der Waals surface area contributed by atoms with Crippen molar-refractivity contribution in [2.24, 2.45) is 11.7 Å². The quantitative estimate of drug-likeness (QED) is 0.812. The Kier molecular flexibility index (Phi) is 6.52. The Labute approximate surface area is 112 Å². The largest absolute Gasteiger partial charge is 0.369 e. The number of pyridine rings is 1. The molecule has 3 N–H and O–H groups in total. The Bertz CT molecular complexity index is 335. The predicted octanol–water partition coefficient (Wildman–Crippen LogP) is 3.33. The van der Waals surface area contributed by atoms with E-state index in [-0.39, 0.29) is 0 Å². The number of halogens is 1. The van der Waals surface area contributed by atoms with E-state index in [1.54, 1.807) is 0 Å². The van der Waals surface area contributed by atoms with Crippen molar-refractivity contribution in [2.45, 2.75) is 33.1 Å². The molecule has 1 aromatic heterocycles. The molecule has 0 spiro atoms. The molecule has 0 saturated carbocycles. The predicted molar refractivity (Wildman–Crippen MR) is 77.2 cm³/mol. The lowest BCUT2D eigenvalue weighted by molar-refractivity contribution is 0.473. The third kappa shape index (κ3) is 5.04. The number of aryl methyl sites for hydroxylation is 1. The van der Waals surface area contributed by atoms with Gasteiger partial charge in [-0.15, -0.1) is 0 Å². The van der Waals surface area contributed by atoms with E-state index in [1.807, 2.05) is 13.1 Å². The number of rotatable bonds is 7. The summed E-state index contributed by atoms with van der Waals surface area (Å²) in [6.07, 6.45) is 5.37. The maximum absolute atomic E-state index is 5.63. The van der Waals surface area contributed by atoms with Gasteiger partial charge in [-0.3, -0.25) is 0 Å². The molecule has 0 aliphatic heterocycles. The first kappa shape index (κ1) is 14.5. The van der Waals surface area contributed by atoms with Crippen LogP contribution in [0.15, 0.2) is 16.7 Å². The molecule has 0 bridgehead atoms. The lowest BCUT2D eigenvalue weighted by atomic mass is 10.00. The average molecular weight is 300 g/mol. The molecule has 0 radical (unpaired) electrons. The first-order chi connectivity index (χ1) is 8.17. The molecule has 1 rings (SSSR count). The van der Waals surface area contributed by atoms with Crippen molar-refractivity contribution in [2.75, 3.05) is 18.4 Å². The SMILES string of the molecule is CCCC(CCN)CNc1ncc(C)cc1Br. The summed E-state index contributed by atoms with van der Waals surface area (Å²) in [5.41, 5.74) is 6.79. The summed E-state index contributed by atoms with van der Waals surface area (Å²) in [5, 5.41) is 3.40. The molecule has 1 aromatic rings. The number of nitrogens with two attached hydrogens (primary N) is 1. The second-order valence-corrected chi connectivity index (χ2v) is 5.31. The van der Waals surface area contributed by atoms with Crippen LogP contribution in [-0.2, 0) is 0 Å². The zero-order valence-electron chi connectivity index (χ0n) is 10.7. The van der Waals surface area contributed by atoms with E-state index in [1.165, 1.54) is 12.8 Å². The summed E-state index contributed by atoms with van der Waals surface area (Å²) >= 11 is 3.53. The van der Waals surface area contributed by atoms with Gasteiger partial charge in [0, 0.05) is 12.7 Å². The lowest BCUT2D eigenvalue weighted by Crippen LogP contribution is -2.18. The van der Waals surface area contributed by atoms with E-state index in [9.17, 15) is 0 Å². The summed E-state index contributed by atoms with van der Waals surface area (Å²) in [6.45, 7) is 5.95. The molecule has 0 aromatic carbocycles. The summed E-state index contributed by atoms with van der Waals surface area (Å²) in [5.74, 6) is 1.56. The van der Waals surface area contributed by atoms with Crippen molar-refractivity contribution >= 4 is 21.7 Å². The average Bonchev–Trinajstić information content (AvgIpc) is 2.28. The Morgan fingerprint density at radius 1 is 1.47 bits per heavy atom. The van der Waals surface area contributed by atoms with Crippen molar-refractivity contribution in [3.63, 3.8) is 0 Å². The van der Waals surface area contributed by atoms with Crippen LogP contribution in [0.25, 0.3) is 0 Å². The van der Waals surface area contributed by atoms with Gasteiger partial charge in [-0.1, -0.05) is 13.3 Å². The first-order valence-corrected chi connectivity index (χ1v) is 7.02. The van der Waals surface area contributed by atoms with Gasteiger partial charge in [0.1, 0.15) is 5.82 Å². The number of hydrogen-bond donors (Lipinski definition) is 2. The molecule has 4 heteroatoms. The maximum atomic E-state index is 5.63. The molecule has 0 fully saturated rings. The van der Waals surface area contributed by atoms with Crippen LogP contribution in [0.4, 0.5) is 5.82 Å². The van der Waals surface area contributed by atoms with Crippen molar-refractivity contribution in [1.29, 1.82) is 0 Å². The van der Waals surface area contributed by atoms with Gasteiger partial charge in [-0.05, 0) is 59.8 Å². The molecule has 0 aliphatic rings. The van der Waals surface area contributed by atoms with E-state index in [2.05, 4.69) is 39.2 Å².